The van der Waals surface area contributed by atoms with Crippen LogP contribution in [0.4, 0.5) is 0 Å². The molecule has 0 saturated heterocycles. The van der Waals surface area contributed by atoms with Gasteiger partial charge in [-0.15, -0.1) is 0 Å². The molecule has 1 unspecified atom stereocenters. The summed E-state index contributed by atoms with van der Waals surface area (Å²) < 4.78 is 0. The second-order valence-corrected chi connectivity index (χ2v) is 0.866. The third-order valence-corrected chi connectivity index (χ3v) is 0. The van der Waals surface area contributed by atoms with Crippen LogP contribution >= 0.6 is 9.24 Å². The molecule has 0 aliphatic rings. The van der Waals surface area contributed by atoms with Crippen LogP contribution in [0.1, 0.15) is 0 Å². The molecule has 26 valence electrons. The molecule has 0 radical (unpaired) electrons. The zero-order chi connectivity index (χ0) is 2.71. The summed E-state index contributed by atoms with van der Waals surface area (Å²) in [4.78, 5) is 0. The highest BCUT2D eigenvalue weighted by atomic mass is 127. The van der Waals surface area contributed by atoms with Crippen LogP contribution in [-0.4, -0.2) is 0 Å². The largest absolute Gasteiger partial charge is 1.00 e. The number of hydrogen-bond donors (Lipinski definition) is 0. The zero-order valence-corrected chi connectivity index (χ0v) is 5.94. The van der Waals surface area contributed by atoms with Crippen molar-refractivity contribution in [3.05, 3.63) is 12.4 Å². The summed E-state index contributed by atoms with van der Waals surface area (Å²) in [6.07, 6.45) is 0. The molecule has 0 aromatic carbocycles. The predicted molar refractivity (Wildman–Crippen MR) is 21.3 cm³/mol. The van der Waals surface area contributed by atoms with Gasteiger partial charge in [-0.3, -0.25) is 0 Å². The monoisotopic (exact) mass is 188 g/mol. The highest BCUT2D eigenvalue weighted by Gasteiger charge is 1.24. The Balaban J connectivity index is 0. The first kappa shape index (κ1) is 8.86. The first-order valence-corrected chi connectivity index (χ1v) is 1.63. The Morgan fingerprint density at radius 3 is 1.75 bits per heavy atom. The molecule has 2 heteroatoms. The van der Waals surface area contributed by atoms with Crippen molar-refractivity contribution in [2.75, 3.05) is 0 Å². The summed E-state index contributed by atoms with van der Waals surface area (Å²) >= 11 is 0. The van der Waals surface area contributed by atoms with Gasteiger partial charge >= 0.3 is 0 Å². The Labute approximate surface area is 45.9 Å². The average molecular weight is 188 g/mol. The second-order valence-electron chi connectivity index (χ2n) is 0.289. The summed E-state index contributed by atoms with van der Waals surface area (Å²) in [5.74, 6) is 1.78. The van der Waals surface area contributed by atoms with Crippen molar-refractivity contribution in [2.24, 2.45) is 0 Å². The summed E-state index contributed by atoms with van der Waals surface area (Å²) in [6.45, 7) is 3.37. The quantitative estimate of drug-likeness (QED) is 0.297. The minimum absolute atomic E-state index is 0. The smallest absolute Gasteiger partial charge is 0.0442 e. The summed E-state index contributed by atoms with van der Waals surface area (Å²) in [6, 6.07) is 0. The van der Waals surface area contributed by atoms with E-state index in [1.54, 1.807) is 15.1 Å². The van der Waals surface area contributed by atoms with Gasteiger partial charge in [0.1, 0.15) is 0 Å². The molecule has 0 aromatic heterocycles. The fourth-order valence-electron chi connectivity index (χ4n) is 0. The van der Waals surface area contributed by atoms with E-state index in [0.29, 0.717) is 0 Å². The normalized spacial score (nSPS) is 4.00. The van der Waals surface area contributed by atoms with Crippen LogP contribution in [0.5, 0.6) is 0 Å². The topological polar surface area (TPSA) is 0 Å². The van der Waals surface area contributed by atoms with Gasteiger partial charge in [0.15, 0.2) is 0 Å². The van der Waals surface area contributed by atoms with E-state index in [4.69, 9.17) is 0 Å². The maximum absolute atomic E-state index is 3.37. The standard InChI is InChI=1S/C2H5P.HI/c1-2-3;/h2H,1,3H2;1H. The first-order chi connectivity index (χ1) is 1.41. The molecule has 0 aliphatic heterocycles. The van der Waals surface area contributed by atoms with Gasteiger partial charge in [-0.05, 0) is 9.24 Å². The van der Waals surface area contributed by atoms with Crippen molar-refractivity contribution < 1.29 is 24.0 Å². The lowest BCUT2D eigenvalue weighted by Crippen LogP contribution is -3.00. The van der Waals surface area contributed by atoms with E-state index in [2.05, 4.69) is 6.58 Å². The van der Waals surface area contributed by atoms with Crippen molar-refractivity contribution in [1.82, 2.24) is 0 Å². The molecule has 0 aromatic rings. The average Bonchev–Trinajstić information content (AvgIpc) is 0.918. The van der Waals surface area contributed by atoms with E-state index < -0.39 is 0 Å². The van der Waals surface area contributed by atoms with E-state index in [0.717, 1.165) is 0 Å². The summed E-state index contributed by atoms with van der Waals surface area (Å²) in [7, 11) is 1.74. The number of halogens is 1. The van der Waals surface area contributed by atoms with Gasteiger partial charge < -0.3 is 24.0 Å². The van der Waals surface area contributed by atoms with Crippen molar-refractivity contribution in [3.63, 3.8) is 0 Å². The van der Waals surface area contributed by atoms with Crippen LogP contribution in [0, 0.1) is 0 Å². The molecular formula is C2H6IP. The third-order valence-electron chi connectivity index (χ3n) is 0. The Morgan fingerprint density at radius 2 is 1.75 bits per heavy atom. The van der Waals surface area contributed by atoms with Crippen LogP contribution in [0.15, 0.2) is 12.4 Å². The van der Waals surface area contributed by atoms with Gasteiger partial charge in [0.2, 0.25) is 0 Å². The Bertz CT molecular complexity index is 13.5. The molecule has 0 amide bonds. The lowest BCUT2D eigenvalue weighted by Gasteiger charge is -1.21. The molecule has 0 spiro atoms. The molecule has 1 atom stereocenters. The zero-order valence-electron chi connectivity index (χ0n) is 2.37. The van der Waals surface area contributed by atoms with Gasteiger partial charge in [-0.2, -0.15) is 0 Å². The Kier molecular flexibility index (Phi) is 20.1. The Hall–Kier alpha value is 0.900. The Morgan fingerprint density at radius 1 is 1.75 bits per heavy atom. The minimum atomic E-state index is 0. The predicted octanol–water partition coefficient (Wildman–Crippen LogP) is -2.26. The van der Waals surface area contributed by atoms with E-state index in [-0.39, 0.29) is 24.0 Å². The molecule has 0 nitrogen and oxygen atoms in total. The third kappa shape index (κ3) is 12.9. The van der Waals surface area contributed by atoms with Crippen LogP contribution in [0.25, 0.3) is 0 Å². The van der Waals surface area contributed by atoms with Crippen molar-refractivity contribution in [2.45, 2.75) is 0 Å². The molecular weight excluding hydrogens is 182 g/mol. The van der Waals surface area contributed by atoms with Crippen LogP contribution in [0.3, 0.4) is 0 Å². The van der Waals surface area contributed by atoms with Crippen molar-refractivity contribution in [1.29, 1.82) is 0 Å². The maximum atomic E-state index is 3.37. The molecule has 4 heavy (non-hydrogen) atoms. The molecule has 0 fully saturated rings. The first-order valence-electron chi connectivity index (χ1n) is 0.816. The van der Waals surface area contributed by atoms with E-state index in [1.807, 2.05) is 0 Å². The second kappa shape index (κ2) is 9.09. The lowest BCUT2D eigenvalue weighted by atomic mass is 11.3. The van der Waals surface area contributed by atoms with E-state index >= 15 is 0 Å². The highest BCUT2D eigenvalue weighted by molar-refractivity contribution is 7.20. The fraction of sp³-hybridized carbons (Fsp3) is 0. The van der Waals surface area contributed by atoms with Crippen LogP contribution in [0.2, 0.25) is 0 Å². The van der Waals surface area contributed by atoms with E-state index in [9.17, 15) is 0 Å². The molecule has 0 bridgehead atoms. The molecule has 0 N–H and O–H groups in total. The molecule has 0 saturated carbocycles. The van der Waals surface area contributed by atoms with Gasteiger partial charge in [-0.25, -0.2) is 0 Å². The van der Waals surface area contributed by atoms with Gasteiger partial charge in [-0.1, -0.05) is 6.58 Å². The van der Waals surface area contributed by atoms with Gasteiger partial charge in [0, 0.05) is 5.82 Å². The highest BCUT2D eigenvalue weighted by Crippen LogP contribution is 1.69. The molecule has 0 rings (SSSR count). The van der Waals surface area contributed by atoms with Crippen molar-refractivity contribution >= 4 is 9.24 Å². The summed E-state index contributed by atoms with van der Waals surface area (Å²) in [5, 5.41) is 0. The molecule has 0 heterocycles. The molecule has 0 aliphatic carbocycles. The van der Waals surface area contributed by atoms with Crippen LogP contribution in [-0.2, 0) is 0 Å². The van der Waals surface area contributed by atoms with Crippen molar-refractivity contribution in [3.8, 4) is 0 Å². The number of hydrogen-bond acceptors (Lipinski definition) is 0. The fourth-order valence-corrected chi connectivity index (χ4v) is 0. The minimum Gasteiger partial charge on any atom is -1.00 e. The van der Waals surface area contributed by atoms with Crippen LogP contribution < -0.4 is 24.0 Å². The maximum Gasteiger partial charge on any atom is 0.0442 e. The number of rotatable bonds is 0. The van der Waals surface area contributed by atoms with E-state index in [1.165, 1.54) is 0 Å². The van der Waals surface area contributed by atoms with Gasteiger partial charge in [0.25, 0.3) is 0 Å². The lowest BCUT2D eigenvalue weighted by molar-refractivity contribution is -0.000000562. The summed E-state index contributed by atoms with van der Waals surface area (Å²) in [5.41, 5.74) is 0. The van der Waals surface area contributed by atoms with Gasteiger partial charge in [0.05, 0.1) is 0 Å². The SMILES string of the molecule is C=C[PH3+].[I-].